The lowest BCUT2D eigenvalue weighted by atomic mass is 9.75. The molecule has 2 aromatic rings. The lowest BCUT2D eigenvalue weighted by Crippen LogP contribution is -2.38. The first kappa shape index (κ1) is 18.9. The summed E-state index contributed by atoms with van der Waals surface area (Å²) in [5.74, 6) is -1.45. The third-order valence-corrected chi connectivity index (χ3v) is 5.29. The number of para-hydroxylation sites is 2. The van der Waals surface area contributed by atoms with Crippen molar-refractivity contribution in [2.24, 2.45) is 11.3 Å². The highest BCUT2D eigenvalue weighted by Gasteiger charge is 2.29. The van der Waals surface area contributed by atoms with Gasteiger partial charge in [0.1, 0.15) is 0 Å². The smallest absolute Gasteiger partial charge is 0.360 e. The maximum atomic E-state index is 11.8. The number of aromatic nitrogens is 2. The number of anilines is 1. The number of carboxylic acids is 1. The van der Waals surface area contributed by atoms with E-state index in [9.17, 15) is 19.8 Å². The van der Waals surface area contributed by atoms with Gasteiger partial charge < -0.3 is 15.1 Å². The average molecular weight is 371 g/mol. The molecule has 3 rings (SSSR count). The van der Waals surface area contributed by atoms with Crippen LogP contribution in [0.15, 0.2) is 35.3 Å². The third kappa shape index (κ3) is 3.82. The minimum absolute atomic E-state index is 0.272. The highest BCUT2D eigenvalue weighted by atomic mass is 16.4. The van der Waals surface area contributed by atoms with Gasteiger partial charge in [0.05, 0.1) is 17.6 Å². The molecule has 27 heavy (non-hydrogen) atoms. The number of hydrogen-bond acceptors (Lipinski definition) is 5. The van der Waals surface area contributed by atoms with Crippen LogP contribution in [0.25, 0.3) is 5.69 Å². The van der Waals surface area contributed by atoms with E-state index in [1.54, 1.807) is 6.07 Å². The molecule has 1 aliphatic heterocycles. The highest BCUT2D eigenvalue weighted by Crippen LogP contribution is 2.36. The van der Waals surface area contributed by atoms with Gasteiger partial charge in [-0.25, -0.2) is 9.48 Å². The summed E-state index contributed by atoms with van der Waals surface area (Å²) in [5, 5.41) is 23.0. The summed E-state index contributed by atoms with van der Waals surface area (Å²) in [7, 11) is 0. The zero-order valence-corrected chi connectivity index (χ0v) is 15.8. The molecule has 0 amide bonds. The van der Waals surface area contributed by atoms with E-state index >= 15 is 0 Å². The Labute approximate surface area is 157 Å². The molecule has 7 nitrogen and oxygen atoms in total. The normalized spacial score (nSPS) is 15.7. The number of aromatic carboxylic acids is 1. The Kier molecular flexibility index (Phi) is 4.95. The van der Waals surface area contributed by atoms with Crippen LogP contribution in [0, 0.1) is 11.3 Å². The van der Waals surface area contributed by atoms with Gasteiger partial charge in [0.15, 0.2) is 5.75 Å². The minimum atomic E-state index is -1.46. The van der Waals surface area contributed by atoms with Crippen LogP contribution in [0.5, 0.6) is 5.75 Å². The van der Waals surface area contributed by atoms with Crippen molar-refractivity contribution in [3.05, 3.63) is 46.4 Å². The van der Waals surface area contributed by atoms with Gasteiger partial charge in [-0.15, -0.1) is 0 Å². The standard InChI is InChI=1S/C20H25N3O4/c1-20(2,3)13-8-10-22(11-9-13)14-6-4-5-7-15(14)23-12-16(24)18(25)17(21-23)19(26)27/h4-7,12-13,24H,8-11H2,1-3H3,(H,26,27). The van der Waals surface area contributed by atoms with Crippen molar-refractivity contribution in [3.8, 4) is 11.4 Å². The van der Waals surface area contributed by atoms with Crippen molar-refractivity contribution >= 4 is 11.7 Å². The predicted octanol–water partition coefficient (Wildman–Crippen LogP) is 2.90. The second-order valence-electron chi connectivity index (χ2n) is 8.06. The van der Waals surface area contributed by atoms with Gasteiger partial charge in [-0.3, -0.25) is 4.79 Å². The average Bonchev–Trinajstić information content (AvgIpc) is 2.63. The Bertz CT molecular complexity index is 906. The number of hydrogen-bond donors (Lipinski definition) is 2. The molecule has 0 radical (unpaired) electrons. The van der Waals surface area contributed by atoms with Gasteiger partial charge in [0.2, 0.25) is 5.69 Å². The van der Waals surface area contributed by atoms with Crippen LogP contribution in [0.4, 0.5) is 5.69 Å². The van der Waals surface area contributed by atoms with E-state index in [0.29, 0.717) is 11.6 Å². The maximum absolute atomic E-state index is 11.8. The second-order valence-corrected chi connectivity index (χ2v) is 8.06. The van der Waals surface area contributed by atoms with Crippen LogP contribution in [-0.4, -0.2) is 39.1 Å². The molecular weight excluding hydrogens is 346 g/mol. The third-order valence-electron chi connectivity index (χ3n) is 5.29. The fourth-order valence-electron chi connectivity index (χ4n) is 3.65. The first-order valence-electron chi connectivity index (χ1n) is 9.09. The molecule has 2 N–H and O–H groups in total. The van der Waals surface area contributed by atoms with Crippen molar-refractivity contribution < 1.29 is 15.0 Å². The van der Waals surface area contributed by atoms with E-state index < -0.39 is 22.8 Å². The fraction of sp³-hybridized carbons (Fsp3) is 0.450. The molecule has 1 saturated heterocycles. The summed E-state index contributed by atoms with van der Waals surface area (Å²) in [5.41, 5.74) is 0.119. The summed E-state index contributed by atoms with van der Waals surface area (Å²) in [6.07, 6.45) is 3.30. The minimum Gasteiger partial charge on any atom is -0.503 e. The molecule has 0 atom stereocenters. The highest BCUT2D eigenvalue weighted by molar-refractivity contribution is 5.85. The van der Waals surface area contributed by atoms with Crippen LogP contribution in [0.1, 0.15) is 44.1 Å². The van der Waals surface area contributed by atoms with E-state index in [1.165, 1.54) is 4.68 Å². The van der Waals surface area contributed by atoms with Gasteiger partial charge >= 0.3 is 5.97 Å². The monoisotopic (exact) mass is 371 g/mol. The Morgan fingerprint density at radius 1 is 1.15 bits per heavy atom. The van der Waals surface area contributed by atoms with Crippen molar-refractivity contribution in [2.45, 2.75) is 33.6 Å². The Morgan fingerprint density at radius 2 is 1.74 bits per heavy atom. The summed E-state index contributed by atoms with van der Waals surface area (Å²) in [6.45, 7) is 8.57. The van der Waals surface area contributed by atoms with Crippen LogP contribution < -0.4 is 10.3 Å². The number of carbonyl (C=O) groups is 1. The molecule has 0 spiro atoms. The van der Waals surface area contributed by atoms with E-state index in [2.05, 4.69) is 30.8 Å². The Morgan fingerprint density at radius 3 is 2.30 bits per heavy atom. The van der Waals surface area contributed by atoms with Gasteiger partial charge in [0.25, 0.3) is 5.43 Å². The quantitative estimate of drug-likeness (QED) is 0.861. The van der Waals surface area contributed by atoms with Crippen molar-refractivity contribution in [3.63, 3.8) is 0 Å². The molecule has 1 fully saturated rings. The van der Waals surface area contributed by atoms with E-state index in [-0.39, 0.29) is 5.41 Å². The first-order valence-corrected chi connectivity index (χ1v) is 9.09. The lowest BCUT2D eigenvalue weighted by molar-refractivity contribution is 0.0686. The summed E-state index contributed by atoms with van der Waals surface area (Å²) < 4.78 is 1.27. The van der Waals surface area contributed by atoms with Crippen molar-refractivity contribution in [1.29, 1.82) is 0 Å². The molecule has 0 saturated carbocycles. The molecule has 1 aromatic carbocycles. The maximum Gasteiger partial charge on any atom is 0.360 e. The molecule has 7 heteroatoms. The second kappa shape index (κ2) is 7.06. The van der Waals surface area contributed by atoms with Crippen molar-refractivity contribution in [1.82, 2.24) is 9.78 Å². The van der Waals surface area contributed by atoms with Gasteiger partial charge in [-0.1, -0.05) is 32.9 Å². The Balaban J connectivity index is 1.97. The predicted molar refractivity (Wildman–Crippen MR) is 103 cm³/mol. The van der Waals surface area contributed by atoms with Gasteiger partial charge in [0, 0.05) is 13.1 Å². The fourth-order valence-corrected chi connectivity index (χ4v) is 3.65. The van der Waals surface area contributed by atoms with Crippen LogP contribution in [0.2, 0.25) is 0 Å². The summed E-state index contributed by atoms with van der Waals surface area (Å²) in [6, 6.07) is 7.48. The summed E-state index contributed by atoms with van der Waals surface area (Å²) >= 11 is 0. The number of rotatable bonds is 3. The number of benzene rings is 1. The largest absolute Gasteiger partial charge is 0.503 e. The zero-order chi connectivity index (χ0) is 19.8. The molecule has 0 aliphatic carbocycles. The first-order chi connectivity index (χ1) is 12.7. The van der Waals surface area contributed by atoms with Gasteiger partial charge in [-0.2, -0.15) is 5.10 Å². The lowest BCUT2D eigenvalue weighted by Gasteiger charge is -2.40. The SMILES string of the molecule is CC(C)(C)C1CCN(c2ccccc2-n2cc(O)c(=O)c(C(=O)O)n2)CC1. The van der Waals surface area contributed by atoms with E-state index in [1.807, 2.05) is 18.2 Å². The molecule has 2 heterocycles. The van der Waals surface area contributed by atoms with Gasteiger partial charge in [-0.05, 0) is 36.3 Å². The topological polar surface area (TPSA) is 95.7 Å². The molecule has 144 valence electrons. The molecule has 1 aromatic heterocycles. The summed E-state index contributed by atoms with van der Waals surface area (Å²) in [4.78, 5) is 25.3. The van der Waals surface area contributed by atoms with Crippen molar-refractivity contribution in [2.75, 3.05) is 18.0 Å². The van der Waals surface area contributed by atoms with E-state index in [4.69, 9.17) is 0 Å². The molecule has 0 bridgehead atoms. The number of aromatic hydroxyl groups is 1. The number of piperidine rings is 1. The number of carboxylic acid groups (broad SMARTS) is 1. The van der Waals surface area contributed by atoms with Crippen LogP contribution in [0.3, 0.4) is 0 Å². The van der Waals surface area contributed by atoms with Crippen LogP contribution in [-0.2, 0) is 0 Å². The molecular formula is C20H25N3O4. The molecule has 1 aliphatic rings. The van der Waals surface area contributed by atoms with Crippen LogP contribution >= 0.6 is 0 Å². The zero-order valence-electron chi connectivity index (χ0n) is 15.8. The Hall–Kier alpha value is -2.83. The van der Waals surface area contributed by atoms with E-state index in [0.717, 1.165) is 37.8 Å². The molecule has 0 unspecified atom stereocenters. The number of nitrogens with zero attached hydrogens (tertiary/aromatic N) is 3.